The zero-order chi connectivity index (χ0) is 20.7. The molecule has 0 aliphatic heterocycles. The van der Waals surface area contributed by atoms with E-state index in [9.17, 15) is 0 Å². The number of benzene rings is 2. The van der Waals surface area contributed by atoms with Crippen LogP contribution in [0, 0.1) is 12.8 Å². The molecule has 0 spiro atoms. The van der Waals surface area contributed by atoms with E-state index in [0.717, 1.165) is 0 Å². The maximum atomic E-state index is 6.64. The first kappa shape index (κ1) is 22.3. The maximum absolute atomic E-state index is 6.64. The van der Waals surface area contributed by atoms with E-state index >= 15 is 0 Å². The SMILES string of the molecule is Cc1ccc2c(c1-c1cc(C(C)C)cc(C(C)C)c1)C=C(C(C)C)[CH]2[Zr]([Cl])[Cl]. The first-order chi connectivity index (χ1) is 13.1. The summed E-state index contributed by atoms with van der Waals surface area (Å²) in [5.41, 5.74) is 11.0. The summed E-state index contributed by atoms with van der Waals surface area (Å²) in [6, 6.07) is 11.7. The standard InChI is InChI=1S/C25H31.2ClH.Zr/c1-15(2)20-11-21(16(3)4)13-23(12-20)25-18(7)8-9-19-10-22(17(5)6)14-24(19)25;;;/h8-17H,1-7H3;2*1H;/q;;;+2/p-2. The number of allylic oxidation sites excluding steroid dienone is 1. The molecule has 0 saturated heterocycles. The molecular formula is C25H31Cl2Zr. The molecule has 3 rings (SSSR count). The van der Waals surface area contributed by atoms with E-state index < -0.39 is 19.4 Å². The number of hydrogen-bond donors (Lipinski definition) is 0. The van der Waals surface area contributed by atoms with Crippen molar-refractivity contribution in [3.8, 4) is 11.1 Å². The Balaban J connectivity index is 2.29. The van der Waals surface area contributed by atoms with Gasteiger partial charge < -0.3 is 0 Å². The van der Waals surface area contributed by atoms with E-state index in [-0.39, 0.29) is 3.63 Å². The normalized spacial score (nSPS) is 16.1. The third-order valence-electron chi connectivity index (χ3n) is 5.93. The van der Waals surface area contributed by atoms with E-state index in [4.69, 9.17) is 17.0 Å². The third kappa shape index (κ3) is 4.23. The summed E-state index contributed by atoms with van der Waals surface area (Å²) >= 11 is -2.48. The predicted molar refractivity (Wildman–Crippen MR) is 122 cm³/mol. The Bertz CT molecular complexity index is 881. The van der Waals surface area contributed by atoms with Crippen LogP contribution in [0.2, 0.25) is 0 Å². The fourth-order valence-electron chi connectivity index (χ4n) is 4.20. The number of hydrogen-bond acceptors (Lipinski definition) is 0. The summed E-state index contributed by atoms with van der Waals surface area (Å²) in [6.45, 7) is 15.8. The topological polar surface area (TPSA) is 0 Å². The molecule has 0 saturated carbocycles. The molecule has 1 atom stereocenters. The van der Waals surface area contributed by atoms with E-state index in [2.05, 4.69) is 84.9 Å². The van der Waals surface area contributed by atoms with Crippen LogP contribution in [0.25, 0.3) is 17.2 Å². The van der Waals surface area contributed by atoms with Gasteiger partial charge in [0.25, 0.3) is 0 Å². The number of fused-ring (bicyclic) bond motifs is 1. The summed E-state index contributed by atoms with van der Waals surface area (Å²) in [5.74, 6) is 1.48. The zero-order valence-electron chi connectivity index (χ0n) is 18.0. The van der Waals surface area contributed by atoms with Crippen LogP contribution in [0.15, 0.2) is 35.9 Å². The Morgan fingerprint density at radius 2 is 1.39 bits per heavy atom. The monoisotopic (exact) mass is 491 g/mol. The van der Waals surface area contributed by atoms with Crippen LogP contribution >= 0.6 is 17.0 Å². The van der Waals surface area contributed by atoms with E-state index in [1.807, 2.05) is 0 Å². The summed E-state index contributed by atoms with van der Waals surface area (Å²) < 4.78 is 0.276. The van der Waals surface area contributed by atoms with E-state index in [1.54, 1.807) is 0 Å². The zero-order valence-corrected chi connectivity index (χ0v) is 22.0. The fourth-order valence-corrected chi connectivity index (χ4v) is 9.92. The second kappa shape index (κ2) is 8.79. The molecule has 1 aliphatic carbocycles. The van der Waals surface area contributed by atoms with Gasteiger partial charge in [-0.25, -0.2) is 0 Å². The molecular weight excluding hydrogens is 462 g/mol. The van der Waals surface area contributed by atoms with Crippen molar-refractivity contribution in [3.05, 3.63) is 63.7 Å². The van der Waals surface area contributed by atoms with Crippen LogP contribution in [0.3, 0.4) is 0 Å². The van der Waals surface area contributed by atoms with Crippen LogP contribution in [-0.2, 0) is 19.4 Å². The summed E-state index contributed by atoms with van der Waals surface area (Å²) in [6.07, 6.45) is 2.40. The molecule has 0 aromatic heterocycles. The molecule has 2 aromatic carbocycles. The molecule has 2 aromatic rings. The van der Waals surface area contributed by atoms with Gasteiger partial charge in [0.15, 0.2) is 0 Å². The number of rotatable bonds is 5. The van der Waals surface area contributed by atoms with Crippen molar-refractivity contribution in [3.63, 3.8) is 0 Å². The van der Waals surface area contributed by atoms with Crippen molar-refractivity contribution in [1.82, 2.24) is 0 Å². The van der Waals surface area contributed by atoms with Gasteiger partial charge in [-0.2, -0.15) is 0 Å². The molecule has 0 bridgehead atoms. The second-order valence-electron chi connectivity index (χ2n) is 8.98. The summed E-state index contributed by atoms with van der Waals surface area (Å²) in [5, 5.41) is 0. The van der Waals surface area contributed by atoms with Gasteiger partial charge in [0, 0.05) is 0 Å². The first-order valence-electron chi connectivity index (χ1n) is 10.3. The minimum absolute atomic E-state index is 0.276. The van der Waals surface area contributed by atoms with Gasteiger partial charge >= 0.3 is 187 Å². The molecule has 0 fully saturated rings. The van der Waals surface area contributed by atoms with Gasteiger partial charge in [-0.3, -0.25) is 0 Å². The first-order valence-corrected chi connectivity index (χ1v) is 18.0. The molecule has 0 radical (unpaired) electrons. The van der Waals surface area contributed by atoms with Crippen molar-refractivity contribution < 1.29 is 19.4 Å². The predicted octanol–water partition coefficient (Wildman–Crippen LogP) is 8.93. The number of halogens is 2. The minimum atomic E-state index is -2.48. The molecule has 3 heteroatoms. The molecule has 28 heavy (non-hydrogen) atoms. The van der Waals surface area contributed by atoms with Crippen LogP contribution in [0.5, 0.6) is 0 Å². The van der Waals surface area contributed by atoms with E-state index in [0.29, 0.717) is 17.8 Å². The van der Waals surface area contributed by atoms with Gasteiger partial charge in [0.2, 0.25) is 0 Å². The van der Waals surface area contributed by atoms with Crippen LogP contribution in [0.4, 0.5) is 0 Å². The Labute approximate surface area is 186 Å². The number of aryl methyl sites for hydroxylation is 1. The van der Waals surface area contributed by atoms with Crippen molar-refractivity contribution in [2.75, 3.05) is 0 Å². The molecule has 1 aliphatic rings. The van der Waals surface area contributed by atoms with E-state index in [1.165, 1.54) is 44.5 Å². The van der Waals surface area contributed by atoms with Crippen LogP contribution in [-0.4, -0.2) is 0 Å². The third-order valence-corrected chi connectivity index (χ3v) is 11.2. The summed E-state index contributed by atoms with van der Waals surface area (Å²) in [4.78, 5) is 0. The molecule has 0 amide bonds. The van der Waals surface area contributed by atoms with Gasteiger partial charge in [0.05, 0.1) is 0 Å². The summed E-state index contributed by atoms with van der Waals surface area (Å²) in [7, 11) is 13.3. The molecule has 0 heterocycles. The fraction of sp³-hybridized carbons (Fsp3) is 0.440. The Hall–Kier alpha value is -0.357. The Kier molecular flexibility index (Phi) is 7.01. The average Bonchev–Trinajstić information content (AvgIpc) is 3.01. The van der Waals surface area contributed by atoms with Crippen LogP contribution < -0.4 is 0 Å². The van der Waals surface area contributed by atoms with Crippen molar-refractivity contribution in [2.45, 2.75) is 63.9 Å². The van der Waals surface area contributed by atoms with Gasteiger partial charge in [-0.05, 0) is 0 Å². The molecule has 0 N–H and O–H groups in total. The van der Waals surface area contributed by atoms with Gasteiger partial charge in [-0.15, -0.1) is 0 Å². The second-order valence-corrected chi connectivity index (χ2v) is 17.8. The Morgan fingerprint density at radius 3 is 1.86 bits per heavy atom. The quantitative estimate of drug-likeness (QED) is 0.390. The van der Waals surface area contributed by atoms with Gasteiger partial charge in [-0.1, -0.05) is 0 Å². The van der Waals surface area contributed by atoms with Crippen LogP contribution in [0.1, 0.15) is 84.8 Å². The van der Waals surface area contributed by atoms with Crippen molar-refractivity contribution >= 4 is 23.1 Å². The molecule has 1 unspecified atom stereocenters. The van der Waals surface area contributed by atoms with Crippen molar-refractivity contribution in [1.29, 1.82) is 0 Å². The van der Waals surface area contributed by atoms with Gasteiger partial charge in [0.1, 0.15) is 0 Å². The molecule has 149 valence electrons. The average molecular weight is 494 g/mol. The Morgan fingerprint density at radius 1 is 0.821 bits per heavy atom. The molecule has 0 nitrogen and oxygen atoms in total. The van der Waals surface area contributed by atoms with Crippen molar-refractivity contribution in [2.24, 2.45) is 5.92 Å².